The third kappa shape index (κ3) is 2.86. The first-order valence-corrected chi connectivity index (χ1v) is 9.41. The molecule has 0 saturated heterocycles. The van der Waals surface area contributed by atoms with Gasteiger partial charge in [0.2, 0.25) is 0 Å². The number of nitrogens with zero attached hydrogens (tertiary/aromatic N) is 6. The van der Waals surface area contributed by atoms with Gasteiger partial charge < -0.3 is 14.3 Å². The summed E-state index contributed by atoms with van der Waals surface area (Å²) in [5.41, 5.74) is 4.68. The molecule has 5 rings (SSSR count). The predicted molar refractivity (Wildman–Crippen MR) is 100 cm³/mol. The normalized spacial score (nSPS) is 16.9. The highest BCUT2D eigenvalue weighted by atomic mass is 19.3. The zero-order valence-corrected chi connectivity index (χ0v) is 15.9. The molecule has 0 spiro atoms. The van der Waals surface area contributed by atoms with Crippen molar-refractivity contribution >= 4 is 11.5 Å². The zero-order chi connectivity index (χ0) is 20.1. The van der Waals surface area contributed by atoms with E-state index in [9.17, 15) is 8.78 Å². The molecule has 5 heterocycles. The monoisotopic (exact) mass is 399 g/mol. The van der Waals surface area contributed by atoms with Gasteiger partial charge in [-0.25, -0.2) is 9.50 Å². The summed E-state index contributed by atoms with van der Waals surface area (Å²) in [6.07, 6.45) is 1.37. The van der Waals surface area contributed by atoms with Gasteiger partial charge in [0.25, 0.3) is 5.89 Å². The molecule has 0 radical (unpaired) electrons. The molecule has 29 heavy (non-hydrogen) atoms. The van der Waals surface area contributed by atoms with Crippen molar-refractivity contribution in [2.45, 2.75) is 38.7 Å². The number of anilines is 1. The Morgan fingerprint density at radius 1 is 1.28 bits per heavy atom. The van der Waals surface area contributed by atoms with Crippen LogP contribution in [0.3, 0.4) is 0 Å². The van der Waals surface area contributed by atoms with E-state index < -0.39 is 18.4 Å². The molecule has 150 valence electrons. The molecule has 10 heteroatoms. The van der Waals surface area contributed by atoms with E-state index in [4.69, 9.17) is 9.52 Å². The maximum atomic E-state index is 13.0. The zero-order valence-electron chi connectivity index (χ0n) is 15.9. The first kappa shape index (κ1) is 17.8. The van der Waals surface area contributed by atoms with Crippen molar-refractivity contribution in [3.63, 3.8) is 0 Å². The minimum atomic E-state index is -2.82. The third-order valence-corrected chi connectivity index (χ3v) is 5.24. The van der Waals surface area contributed by atoms with E-state index >= 15 is 0 Å². The number of halogens is 2. The summed E-state index contributed by atoms with van der Waals surface area (Å²) in [6, 6.07) is 5.68. The summed E-state index contributed by atoms with van der Waals surface area (Å²) < 4.78 is 33.0. The average molecular weight is 399 g/mol. The van der Waals surface area contributed by atoms with Gasteiger partial charge in [0, 0.05) is 24.9 Å². The summed E-state index contributed by atoms with van der Waals surface area (Å²) in [7, 11) is 0. The van der Waals surface area contributed by atoms with Gasteiger partial charge in [-0.3, -0.25) is 0 Å². The summed E-state index contributed by atoms with van der Waals surface area (Å²) >= 11 is 0. The highest BCUT2D eigenvalue weighted by Crippen LogP contribution is 2.37. The van der Waals surface area contributed by atoms with Crippen LogP contribution in [-0.2, 0) is 6.42 Å². The Kier molecular flexibility index (Phi) is 4.07. The lowest BCUT2D eigenvalue weighted by molar-refractivity contribution is 0.115. The number of pyridine rings is 1. The lowest BCUT2D eigenvalue weighted by atomic mass is 9.99. The van der Waals surface area contributed by atoms with Gasteiger partial charge in [0.15, 0.2) is 0 Å². The SMILES string of the molecule is CC(C)c1cccn2nc([C@@H]3c4nc[nH]c4CCN3c3nnc(C(F)F)o3)cc12. The van der Waals surface area contributed by atoms with Crippen molar-refractivity contribution in [2.24, 2.45) is 0 Å². The smallest absolute Gasteiger partial charge is 0.319 e. The lowest BCUT2D eigenvalue weighted by Crippen LogP contribution is -2.36. The number of hydrogen-bond acceptors (Lipinski definition) is 6. The summed E-state index contributed by atoms with van der Waals surface area (Å²) in [5.74, 6) is -0.361. The van der Waals surface area contributed by atoms with Crippen molar-refractivity contribution in [1.29, 1.82) is 0 Å². The molecule has 0 amide bonds. The Bertz CT molecular complexity index is 1160. The fourth-order valence-corrected chi connectivity index (χ4v) is 3.89. The Morgan fingerprint density at radius 3 is 2.90 bits per heavy atom. The van der Waals surface area contributed by atoms with Gasteiger partial charge in [-0.1, -0.05) is 25.0 Å². The standard InChI is InChI=1S/C19H19F2N7O/c1-10(2)11-4-3-6-28-14(11)8-13(26-28)16-15-12(22-9-23-15)5-7-27(16)19-25-24-18(29-19)17(20)21/h3-4,6,8-10,16-17H,5,7H2,1-2H3,(H,22,23)/t16-/m1/s1. The Hall–Kier alpha value is -3.30. The molecule has 8 nitrogen and oxygen atoms in total. The quantitative estimate of drug-likeness (QED) is 0.564. The molecule has 0 aliphatic carbocycles. The third-order valence-electron chi connectivity index (χ3n) is 5.24. The van der Waals surface area contributed by atoms with E-state index in [0.717, 1.165) is 22.6 Å². The van der Waals surface area contributed by atoms with E-state index in [-0.39, 0.29) is 6.01 Å². The van der Waals surface area contributed by atoms with Crippen molar-refractivity contribution in [3.8, 4) is 0 Å². The van der Waals surface area contributed by atoms with Gasteiger partial charge in [0.1, 0.15) is 6.04 Å². The molecule has 0 unspecified atom stereocenters. The minimum Gasteiger partial charge on any atom is -0.402 e. The minimum absolute atomic E-state index is 0.0417. The average Bonchev–Trinajstić information content (AvgIpc) is 3.44. The van der Waals surface area contributed by atoms with E-state index in [2.05, 4.69) is 40.1 Å². The Labute approximate surface area is 164 Å². The molecule has 4 aromatic rings. The van der Waals surface area contributed by atoms with Crippen molar-refractivity contribution in [2.75, 3.05) is 11.4 Å². The van der Waals surface area contributed by atoms with Crippen LogP contribution in [0.5, 0.6) is 0 Å². The van der Waals surface area contributed by atoms with Crippen LogP contribution >= 0.6 is 0 Å². The second-order valence-electron chi connectivity index (χ2n) is 7.35. The molecule has 0 fully saturated rings. The van der Waals surface area contributed by atoms with Crippen LogP contribution in [0, 0.1) is 0 Å². The van der Waals surface area contributed by atoms with Crippen LogP contribution in [0.4, 0.5) is 14.8 Å². The lowest BCUT2D eigenvalue weighted by Gasteiger charge is -2.32. The molecule has 1 aliphatic rings. The van der Waals surface area contributed by atoms with E-state index in [1.54, 1.807) is 11.2 Å². The summed E-state index contributed by atoms with van der Waals surface area (Å²) in [6.45, 7) is 4.77. The van der Waals surface area contributed by atoms with E-state index in [1.807, 2.05) is 22.8 Å². The maximum Gasteiger partial charge on any atom is 0.319 e. The molecular weight excluding hydrogens is 380 g/mol. The van der Waals surface area contributed by atoms with Crippen LogP contribution in [0.15, 0.2) is 35.1 Å². The molecule has 0 saturated carbocycles. The number of aromatic nitrogens is 6. The van der Waals surface area contributed by atoms with Crippen LogP contribution < -0.4 is 4.90 Å². The molecular formula is C19H19F2N7O. The predicted octanol–water partition coefficient (Wildman–Crippen LogP) is 3.65. The molecule has 0 aromatic carbocycles. The van der Waals surface area contributed by atoms with Gasteiger partial charge in [-0.05, 0) is 23.6 Å². The summed E-state index contributed by atoms with van der Waals surface area (Å²) in [4.78, 5) is 9.42. The van der Waals surface area contributed by atoms with E-state index in [0.29, 0.717) is 18.9 Å². The van der Waals surface area contributed by atoms with Gasteiger partial charge in [-0.15, -0.1) is 5.10 Å². The van der Waals surface area contributed by atoms with Gasteiger partial charge in [0.05, 0.1) is 23.2 Å². The molecule has 0 bridgehead atoms. The number of H-pyrrole nitrogens is 1. The second-order valence-corrected chi connectivity index (χ2v) is 7.35. The molecule has 4 aromatic heterocycles. The number of hydrogen-bond donors (Lipinski definition) is 1. The highest BCUT2D eigenvalue weighted by Gasteiger charge is 2.36. The topological polar surface area (TPSA) is 88.1 Å². The van der Waals surface area contributed by atoms with Crippen LogP contribution in [0.1, 0.15) is 60.8 Å². The van der Waals surface area contributed by atoms with Gasteiger partial charge in [-0.2, -0.15) is 13.9 Å². The summed E-state index contributed by atoms with van der Waals surface area (Å²) in [5, 5.41) is 12.1. The molecule has 1 aliphatic heterocycles. The second kappa shape index (κ2) is 6.64. The van der Waals surface area contributed by atoms with Crippen LogP contribution in [-0.4, -0.2) is 36.3 Å². The number of aromatic amines is 1. The van der Waals surface area contributed by atoms with Crippen LogP contribution in [0.25, 0.3) is 5.52 Å². The fourth-order valence-electron chi connectivity index (χ4n) is 3.89. The fraction of sp³-hybridized carbons (Fsp3) is 0.368. The van der Waals surface area contributed by atoms with Crippen molar-refractivity contribution in [3.05, 3.63) is 59.3 Å². The Balaban J connectivity index is 1.65. The first-order valence-electron chi connectivity index (χ1n) is 9.41. The van der Waals surface area contributed by atoms with Crippen molar-refractivity contribution < 1.29 is 13.2 Å². The number of rotatable bonds is 4. The Morgan fingerprint density at radius 2 is 2.14 bits per heavy atom. The van der Waals surface area contributed by atoms with E-state index in [1.165, 1.54) is 5.56 Å². The number of imidazole rings is 1. The largest absolute Gasteiger partial charge is 0.402 e. The van der Waals surface area contributed by atoms with Crippen LogP contribution in [0.2, 0.25) is 0 Å². The first-order chi connectivity index (χ1) is 14.0. The maximum absolute atomic E-state index is 13.0. The number of nitrogens with one attached hydrogen (secondary N) is 1. The number of fused-ring (bicyclic) bond motifs is 2. The molecule has 1 atom stereocenters. The molecule has 1 N–H and O–H groups in total. The number of alkyl halides is 2. The van der Waals surface area contributed by atoms with Gasteiger partial charge >= 0.3 is 12.4 Å². The highest BCUT2D eigenvalue weighted by molar-refractivity contribution is 5.58. The van der Waals surface area contributed by atoms with Crippen molar-refractivity contribution in [1.82, 2.24) is 29.8 Å².